The summed E-state index contributed by atoms with van der Waals surface area (Å²) in [5, 5.41) is 8.84. The molecule has 0 aliphatic carbocycles. The number of benzene rings is 1. The Morgan fingerprint density at radius 3 is 2.41 bits per heavy atom. The van der Waals surface area contributed by atoms with Crippen molar-refractivity contribution in [1.29, 1.82) is 0 Å². The van der Waals surface area contributed by atoms with Crippen LogP contribution >= 0.6 is 0 Å². The van der Waals surface area contributed by atoms with Crippen LogP contribution in [0.1, 0.15) is 25.3 Å². The molecule has 0 saturated heterocycles. The third-order valence-electron chi connectivity index (χ3n) is 2.26. The summed E-state index contributed by atoms with van der Waals surface area (Å²) in [6.45, 7) is 5.96. The van der Waals surface area contributed by atoms with Gasteiger partial charge in [0.1, 0.15) is 5.76 Å². The molecule has 17 heavy (non-hydrogen) atoms. The zero-order valence-electron chi connectivity index (χ0n) is 10.6. The lowest BCUT2D eigenvalue weighted by atomic mass is 10.2. The van der Waals surface area contributed by atoms with E-state index in [1.54, 1.807) is 0 Å². The quantitative estimate of drug-likeness (QED) is 0.885. The van der Waals surface area contributed by atoms with Gasteiger partial charge in [-0.2, -0.15) is 0 Å². The highest BCUT2D eigenvalue weighted by Gasteiger charge is 2.09. The summed E-state index contributed by atoms with van der Waals surface area (Å²) in [7, 11) is 0. The molecule has 2 aromatic rings. The van der Waals surface area contributed by atoms with Crippen molar-refractivity contribution in [1.82, 2.24) is 4.98 Å². The second-order valence-electron chi connectivity index (χ2n) is 3.36. The summed E-state index contributed by atoms with van der Waals surface area (Å²) in [5.41, 5.74) is 1.79. The fraction of sp³-hybridized carbons (Fsp3) is 0.357. The Kier molecular flexibility index (Phi) is 5.43. The highest BCUT2D eigenvalue weighted by molar-refractivity contribution is 5.53. The molecule has 2 rings (SSSR count). The van der Waals surface area contributed by atoms with Gasteiger partial charge in [-0.15, -0.1) is 0 Å². The number of nitrogens with zero attached hydrogens (tertiary/aromatic N) is 1. The average molecular weight is 233 g/mol. The normalized spacial score (nSPS) is 9.65. The van der Waals surface area contributed by atoms with E-state index in [1.807, 2.05) is 51.1 Å². The van der Waals surface area contributed by atoms with Crippen LogP contribution in [-0.2, 0) is 6.42 Å². The van der Waals surface area contributed by atoms with Crippen LogP contribution < -0.4 is 0 Å². The van der Waals surface area contributed by atoms with E-state index >= 15 is 0 Å². The molecule has 1 aromatic heterocycles. The summed E-state index contributed by atoms with van der Waals surface area (Å²) in [4.78, 5) is 4.34. The first-order chi connectivity index (χ1) is 8.31. The minimum absolute atomic E-state index is 0.0988. The summed E-state index contributed by atoms with van der Waals surface area (Å²) in [6, 6.07) is 9.75. The van der Waals surface area contributed by atoms with Crippen LogP contribution in [0.5, 0.6) is 0 Å². The van der Waals surface area contributed by atoms with E-state index in [0.29, 0.717) is 12.3 Å². The Balaban J connectivity index is 0.000000686. The first kappa shape index (κ1) is 13.5. The second-order valence-corrected chi connectivity index (χ2v) is 3.36. The van der Waals surface area contributed by atoms with E-state index in [1.165, 1.54) is 0 Å². The maximum atomic E-state index is 8.84. The van der Waals surface area contributed by atoms with Crippen molar-refractivity contribution in [3.63, 3.8) is 0 Å². The lowest BCUT2D eigenvalue weighted by Gasteiger charge is -1.92. The standard InChI is InChI=1S/C12H13NO2.C2H6/c1-9-11(7-8-14)13-12(15-9)10-5-3-2-4-6-10;1-2/h2-6,14H,7-8H2,1H3;1-2H3. The van der Waals surface area contributed by atoms with Gasteiger partial charge in [0.05, 0.1) is 5.69 Å². The molecule has 3 nitrogen and oxygen atoms in total. The smallest absolute Gasteiger partial charge is 0.226 e. The predicted molar refractivity (Wildman–Crippen MR) is 68.8 cm³/mol. The molecular weight excluding hydrogens is 214 g/mol. The van der Waals surface area contributed by atoms with Crippen molar-refractivity contribution in [2.45, 2.75) is 27.2 Å². The van der Waals surface area contributed by atoms with Gasteiger partial charge in [-0.1, -0.05) is 32.0 Å². The molecule has 0 bridgehead atoms. The summed E-state index contributed by atoms with van der Waals surface area (Å²) < 4.78 is 5.53. The van der Waals surface area contributed by atoms with Crippen LogP contribution in [0.15, 0.2) is 34.7 Å². The zero-order valence-corrected chi connectivity index (χ0v) is 10.6. The Morgan fingerprint density at radius 1 is 1.18 bits per heavy atom. The van der Waals surface area contributed by atoms with Crippen molar-refractivity contribution in [3.8, 4) is 11.5 Å². The average Bonchev–Trinajstić information content (AvgIpc) is 2.75. The van der Waals surface area contributed by atoms with E-state index < -0.39 is 0 Å². The number of aliphatic hydroxyl groups excluding tert-OH is 1. The molecule has 0 atom stereocenters. The number of hydrogen-bond acceptors (Lipinski definition) is 3. The lowest BCUT2D eigenvalue weighted by molar-refractivity contribution is 0.297. The molecular formula is C14H19NO2. The molecule has 1 N–H and O–H groups in total. The molecule has 92 valence electrons. The molecule has 3 heteroatoms. The van der Waals surface area contributed by atoms with Crippen LogP contribution in [-0.4, -0.2) is 16.7 Å². The fourth-order valence-electron chi connectivity index (χ4n) is 1.47. The van der Waals surface area contributed by atoms with Crippen molar-refractivity contribution in [3.05, 3.63) is 41.8 Å². The van der Waals surface area contributed by atoms with Crippen molar-refractivity contribution in [2.75, 3.05) is 6.61 Å². The van der Waals surface area contributed by atoms with Crippen molar-refractivity contribution >= 4 is 0 Å². The van der Waals surface area contributed by atoms with Crippen molar-refractivity contribution < 1.29 is 9.52 Å². The summed E-state index contributed by atoms with van der Waals surface area (Å²) in [5.74, 6) is 1.40. The molecule has 1 heterocycles. The van der Waals surface area contributed by atoms with Crippen LogP contribution in [0.3, 0.4) is 0 Å². The fourth-order valence-corrected chi connectivity index (χ4v) is 1.47. The molecule has 0 spiro atoms. The lowest BCUT2D eigenvalue weighted by Crippen LogP contribution is -1.92. The Morgan fingerprint density at radius 2 is 1.82 bits per heavy atom. The maximum Gasteiger partial charge on any atom is 0.226 e. The van der Waals surface area contributed by atoms with E-state index in [-0.39, 0.29) is 6.61 Å². The Bertz CT molecular complexity index is 435. The highest BCUT2D eigenvalue weighted by atomic mass is 16.4. The number of rotatable bonds is 3. The minimum atomic E-state index is 0.0988. The highest BCUT2D eigenvalue weighted by Crippen LogP contribution is 2.21. The van der Waals surface area contributed by atoms with Gasteiger partial charge in [-0.25, -0.2) is 4.98 Å². The van der Waals surface area contributed by atoms with E-state index in [0.717, 1.165) is 17.0 Å². The third-order valence-corrected chi connectivity index (χ3v) is 2.26. The molecule has 1 aromatic carbocycles. The first-order valence-corrected chi connectivity index (χ1v) is 5.94. The van der Waals surface area contributed by atoms with Gasteiger partial charge in [0, 0.05) is 18.6 Å². The SMILES string of the molecule is CC.Cc1oc(-c2ccccc2)nc1CCO. The third kappa shape index (κ3) is 3.43. The molecule has 0 saturated carbocycles. The largest absolute Gasteiger partial charge is 0.441 e. The van der Waals surface area contributed by atoms with Crippen molar-refractivity contribution in [2.24, 2.45) is 0 Å². The van der Waals surface area contributed by atoms with Gasteiger partial charge in [-0.05, 0) is 19.1 Å². The monoisotopic (exact) mass is 233 g/mol. The van der Waals surface area contributed by atoms with Gasteiger partial charge in [0.25, 0.3) is 0 Å². The molecule has 0 aliphatic heterocycles. The zero-order chi connectivity index (χ0) is 12.7. The number of aliphatic hydroxyl groups is 1. The number of aryl methyl sites for hydroxylation is 1. The predicted octanol–water partition coefficient (Wildman–Crippen LogP) is 3.21. The maximum absolute atomic E-state index is 8.84. The minimum Gasteiger partial charge on any atom is -0.441 e. The van der Waals surface area contributed by atoms with E-state index in [4.69, 9.17) is 9.52 Å². The topological polar surface area (TPSA) is 46.3 Å². The number of aromatic nitrogens is 1. The van der Waals surface area contributed by atoms with Crippen LogP contribution in [0.2, 0.25) is 0 Å². The van der Waals surface area contributed by atoms with Gasteiger partial charge < -0.3 is 9.52 Å². The van der Waals surface area contributed by atoms with Crippen LogP contribution in [0.25, 0.3) is 11.5 Å². The van der Waals surface area contributed by atoms with Gasteiger partial charge >= 0.3 is 0 Å². The molecule has 0 radical (unpaired) electrons. The van der Waals surface area contributed by atoms with Crippen LogP contribution in [0, 0.1) is 6.92 Å². The summed E-state index contributed by atoms with van der Waals surface area (Å²) >= 11 is 0. The first-order valence-electron chi connectivity index (χ1n) is 5.94. The van der Waals surface area contributed by atoms with Gasteiger partial charge in [0.15, 0.2) is 0 Å². The van der Waals surface area contributed by atoms with E-state index in [2.05, 4.69) is 4.98 Å². The number of oxazole rings is 1. The molecule has 0 aliphatic rings. The Labute approximate surface area is 102 Å². The van der Waals surface area contributed by atoms with Gasteiger partial charge in [0.2, 0.25) is 5.89 Å². The molecule has 0 amide bonds. The summed E-state index contributed by atoms with van der Waals surface area (Å²) in [6.07, 6.45) is 0.544. The molecule has 0 fully saturated rings. The molecule has 0 unspecified atom stereocenters. The van der Waals surface area contributed by atoms with E-state index in [9.17, 15) is 0 Å². The van der Waals surface area contributed by atoms with Crippen LogP contribution in [0.4, 0.5) is 0 Å². The second kappa shape index (κ2) is 6.86. The van der Waals surface area contributed by atoms with Gasteiger partial charge in [-0.3, -0.25) is 0 Å². The number of hydrogen-bond donors (Lipinski definition) is 1. The Hall–Kier alpha value is -1.61.